The van der Waals surface area contributed by atoms with E-state index in [0.29, 0.717) is 10.8 Å². The Morgan fingerprint density at radius 1 is 1.19 bits per heavy atom. The third-order valence-electron chi connectivity index (χ3n) is 3.62. The average Bonchev–Trinajstić information content (AvgIpc) is 2.93. The van der Waals surface area contributed by atoms with Crippen molar-refractivity contribution >= 4 is 28.8 Å². The van der Waals surface area contributed by atoms with Crippen molar-refractivity contribution in [2.45, 2.75) is 13.8 Å². The van der Waals surface area contributed by atoms with Crippen molar-refractivity contribution in [2.75, 3.05) is 5.73 Å². The van der Waals surface area contributed by atoms with E-state index in [1.54, 1.807) is 16.0 Å². The summed E-state index contributed by atoms with van der Waals surface area (Å²) >= 11 is 7.72. The molecule has 21 heavy (non-hydrogen) atoms. The number of benzene rings is 1. The molecular formula is C16H16ClN3S. The molecule has 2 N–H and O–H groups in total. The molecule has 3 rings (SSSR count). The zero-order valence-electron chi connectivity index (χ0n) is 12.1. The summed E-state index contributed by atoms with van der Waals surface area (Å²) in [4.78, 5) is 2.44. The highest BCUT2D eigenvalue weighted by Gasteiger charge is 2.19. The first-order valence-electron chi connectivity index (χ1n) is 6.63. The molecular weight excluding hydrogens is 302 g/mol. The van der Waals surface area contributed by atoms with Crippen LogP contribution >= 0.6 is 22.9 Å². The van der Waals surface area contributed by atoms with Crippen molar-refractivity contribution in [3.8, 4) is 21.7 Å². The topological polar surface area (TPSA) is 43.8 Å². The molecule has 0 aliphatic carbocycles. The Labute approximate surface area is 133 Å². The van der Waals surface area contributed by atoms with Crippen LogP contribution in [-0.2, 0) is 7.05 Å². The number of nitrogen functional groups attached to an aromatic ring is 1. The van der Waals surface area contributed by atoms with Crippen molar-refractivity contribution < 1.29 is 0 Å². The molecule has 0 amide bonds. The van der Waals surface area contributed by atoms with Crippen LogP contribution in [0.15, 0.2) is 30.3 Å². The van der Waals surface area contributed by atoms with Gasteiger partial charge in [0, 0.05) is 16.9 Å². The smallest absolute Gasteiger partial charge is 0.129 e. The number of rotatable bonds is 2. The highest BCUT2D eigenvalue weighted by Crippen LogP contribution is 2.39. The van der Waals surface area contributed by atoms with Gasteiger partial charge in [-0.3, -0.25) is 4.68 Å². The normalized spacial score (nSPS) is 11.0. The molecule has 0 radical (unpaired) electrons. The third-order valence-corrected chi connectivity index (χ3v) is 5.04. The van der Waals surface area contributed by atoms with Gasteiger partial charge in [0.2, 0.25) is 0 Å². The zero-order chi connectivity index (χ0) is 15.1. The minimum Gasteiger partial charge on any atom is -0.383 e. The summed E-state index contributed by atoms with van der Waals surface area (Å²) in [7, 11) is 1.87. The summed E-state index contributed by atoms with van der Waals surface area (Å²) < 4.78 is 1.73. The molecule has 0 aliphatic rings. The van der Waals surface area contributed by atoms with E-state index in [0.717, 1.165) is 21.7 Å². The first-order chi connectivity index (χ1) is 9.97. The van der Waals surface area contributed by atoms with Gasteiger partial charge in [-0.05, 0) is 43.2 Å². The van der Waals surface area contributed by atoms with E-state index in [1.807, 2.05) is 31.3 Å². The van der Waals surface area contributed by atoms with Gasteiger partial charge in [-0.15, -0.1) is 11.3 Å². The third kappa shape index (κ3) is 2.45. The predicted octanol–water partition coefficient (Wildman–Crippen LogP) is 4.67. The van der Waals surface area contributed by atoms with E-state index in [4.69, 9.17) is 17.3 Å². The number of hydrogen-bond acceptors (Lipinski definition) is 3. The number of thiophene rings is 1. The van der Waals surface area contributed by atoms with Crippen LogP contribution in [0, 0.1) is 13.8 Å². The van der Waals surface area contributed by atoms with Gasteiger partial charge in [0.05, 0.1) is 10.4 Å². The lowest BCUT2D eigenvalue weighted by Crippen LogP contribution is -1.97. The van der Waals surface area contributed by atoms with E-state index in [1.165, 1.54) is 10.4 Å². The second-order valence-electron chi connectivity index (χ2n) is 5.09. The number of halogens is 1. The molecule has 0 atom stereocenters. The molecule has 2 heterocycles. The number of nitrogens with zero attached hydrogens (tertiary/aromatic N) is 2. The second-order valence-corrected chi connectivity index (χ2v) is 6.78. The van der Waals surface area contributed by atoms with Gasteiger partial charge >= 0.3 is 0 Å². The van der Waals surface area contributed by atoms with E-state index in [9.17, 15) is 0 Å². The Balaban J connectivity index is 2.22. The predicted molar refractivity (Wildman–Crippen MR) is 90.9 cm³/mol. The lowest BCUT2D eigenvalue weighted by atomic mass is 10.0. The van der Waals surface area contributed by atoms with Crippen molar-refractivity contribution in [1.29, 1.82) is 0 Å². The molecule has 0 saturated carbocycles. The molecule has 3 nitrogen and oxygen atoms in total. The zero-order valence-corrected chi connectivity index (χ0v) is 13.7. The Morgan fingerprint density at radius 3 is 2.43 bits per heavy atom. The van der Waals surface area contributed by atoms with E-state index < -0.39 is 0 Å². The minimum absolute atomic E-state index is 0.663. The fourth-order valence-electron chi connectivity index (χ4n) is 2.30. The molecule has 5 heteroatoms. The van der Waals surface area contributed by atoms with Gasteiger partial charge in [0.25, 0.3) is 0 Å². The molecule has 0 unspecified atom stereocenters. The fourth-order valence-corrected chi connectivity index (χ4v) is 3.45. The molecule has 0 bridgehead atoms. The van der Waals surface area contributed by atoms with Crippen molar-refractivity contribution in [2.24, 2.45) is 7.05 Å². The maximum absolute atomic E-state index is 6.23. The lowest BCUT2D eigenvalue weighted by molar-refractivity contribution is 0.783. The Hall–Kier alpha value is -1.78. The molecule has 3 aromatic rings. The van der Waals surface area contributed by atoms with Crippen molar-refractivity contribution in [3.63, 3.8) is 0 Å². The Kier molecular flexibility index (Phi) is 3.51. The van der Waals surface area contributed by atoms with Crippen LogP contribution in [0.4, 0.5) is 5.82 Å². The molecule has 1 aromatic carbocycles. The molecule has 2 aromatic heterocycles. The van der Waals surface area contributed by atoms with Crippen LogP contribution in [0.3, 0.4) is 0 Å². The van der Waals surface area contributed by atoms with Crippen LogP contribution in [0.2, 0.25) is 5.02 Å². The van der Waals surface area contributed by atoms with Gasteiger partial charge in [0.15, 0.2) is 0 Å². The maximum Gasteiger partial charge on any atom is 0.129 e. The van der Waals surface area contributed by atoms with Gasteiger partial charge in [0.1, 0.15) is 11.5 Å². The fraction of sp³-hybridized carbons (Fsp3) is 0.188. The van der Waals surface area contributed by atoms with Gasteiger partial charge in [-0.25, -0.2) is 0 Å². The van der Waals surface area contributed by atoms with Crippen LogP contribution in [0.1, 0.15) is 10.4 Å². The largest absolute Gasteiger partial charge is 0.383 e. The highest BCUT2D eigenvalue weighted by atomic mass is 35.5. The van der Waals surface area contributed by atoms with Gasteiger partial charge < -0.3 is 5.73 Å². The number of aromatic nitrogens is 2. The Bertz CT molecular complexity index is 780. The van der Waals surface area contributed by atoms with Crippen LogP contribution < -0.4 is 5.73 Å². The van der Waals surface area contributed by atoms with E-state index in [2.05, 4.69) is 25.0 Å². The van der Waals surface area contributed by atoms with Crippen LogP contribution in [-0.4, -0.2) is 9.78 Å². The second kappa shape index (κ2) is 5.20. The monoisotopic (exact) mass is 317 g/mol. The molecule has 0 aliphatic heterocycles. The van der Waals surface area contributed by atoms with E-state index >= 15 is 0 Å². The number of anilines is 1. The first kappa shape index (κ1) is 14.2. The quantitative estimate of drug-likeness (QED) is 0.746. The first-order valence-corrected chi connectivity index (χ1v) is 7.82. The molecule has 108 valence electrons. The SMILES string of the molecule is Cc1cc(-c2nn(C)c(N)c2-c2ccc(Cl)cc2)sc1C. The maximum atomic E-state index is 6.23. The number of aryl methyl sites for hydroxylation is 3. The summed E-state index contributed by atoms with van der Waals surface area (Å²) in [5.41, 5.74) is 10.4. The van der Waals surface area contributed by atoms with Crippen LogP contribution in [0.25, 0.3) is 21.7 Å². The van der Waals surface area contributed by atoms with Crippen LogP contribution in [0.5, 0.6) is 0 Å². The summed E-state index contributed by atoms with van der Waals surface area (Å²) in [5.74, 6) is 0.663. The highest BCUT2D eigenvalue weighted by molar-refractivity contribution is 7.15. The Morgan fingerprint density at radius 2 is 1.86 bits per heavy atom. The van der Waals surface area contributed by atoms with E-state index in [-0.39, 0.29) is 0 Å². The number of nitrogens with two attached hydrogens (primary N) is 1. The van der Waals surface area contributed by atoms with Crippen molar-refractivity contribution in [3.05, 3.63) is 45.8 Å². The molecule has 0 fully saturated rings. The minimum atomic E-state index is 0.663. The van der Waals surface area contributed by atoms with Gasteiger partial charge in [-0.2, -0.15) is 5.10 Å². The van der Waals surface area contributed by atoms with Gasteiger partial charge in [-0.1, -0.05) is 23.7 Å². The van der Waals surface area contributed by atoms with Crippen molar-refractivity contribution in [1.82, 2.24) is 9.78 Å². The lowest BCUT2D eigenvalue weighted by Gasteiger charge is -2.03. The standard InChI is InChI=1S/C16H16ClN3S/c1-9-8-13(21-10(9)2)15-14(16(18)20(3)19-15)11-4-6-12(17)7-5-11/h4-8H,18H2,1-3H3. The summed E-state index contributed by atoms with van der Waals surface area (Å²) in [5, 5.41) is 5.32. The number of hydrogen-bond donors (Lipinski definition) is 1. The summed E-state index contributed by atoms with van der Waals surface area (Å²) in [6, 6.07) is 9.87. The summed E-state index contributed by atoms with van der Waals surface area (Å²) in [6.07, 6.45) is 0. The molecule has 0 saturated heterocycles. The average molecular weight is 318 g/mol. The molecule has 0 spiro atoms. The summed E-state index contributed by atoms with van der Waals surface area (Å²) in [6.45, 7) is 4.24.